The number of anilines is 1. The molecule has 6 nitrogen and oxygen atoms in total. The van der Waals surface area contributed by atoms with Gasteiger partial charge in [0.05, 0.1) is 10.8 Å². The minimum atomic E-state index is -3.92. The Morgan fingerprint density at radius 2 is 1.69 bits per heavy atom. The largest absolute Gasteiger partial charge is 0.481 e. The number of hydrogen-bond donors (Lipinski definition) is 1. The minimum absolute atomic E-state index is 0.134. The second kappa shape index (κ2) is 8.28. The molecular weight excluding hydrogens is 462 g/mol. The average molecular weight is 485 g/mol. The van der Waals surface area contributed by atoms with Crippen LogP contribution in [-0.4, -0.2) is 49.0 Å². The number of aliphatic carboxylic acids is 1. The first kappa shape index (κ1) is 22.9. The van der Waals surface area contributed by atoms with Crippen molar-refractivity contribution in [2.24, 2.45) is 5.92 Å². The summed E-state index contributed by atoms with van der Waals surface area (Å²) in [5, 5.41) is 8.80. The van der Waals surface area contributed by atoms with Crippen LogP contribution in [0.4, 0.5) is 14.5 Å². The third kappa shape index (κ3) is 3.86. The molecule has 1 aliphatic carbocycles. The number of piperazine rings is 1. The van der Waals surface area contributed by atoms with Crippen molar-refractivity contribution in [2.75, 3.05) is 18.0 Å². The molecule has 3 unspecified atom stereocenters. The van der Waals surface area contributed by atoms with Crippen molar-refractivity contribution in [1.29, 1.82) is 0 Å². The molecular formula is C22H23ClF2N2O4S. The van der Waals surface area contributed by atoms with Crippen LogP contribution in [0.5, 0.6) is 0 Å². The monoisotopic (exact) mass is 484 g/mol. The number of rotatable bonds is 4. The molecule has 1 N–H and O–H groups in total. The molecule has 0 spiro atoms. The number of carbonyl (C=O) groups is 1. The zero-order valence-corrected chi connectivity index (χ0v) is 19.1. The second-order valence-corrected chi connectivity index (χ2v) is 10.7. The molecule has 2 aliphatic rings. The number of benzene rings is 2. The first-order chi connectivity index (χ1) is 15.0. The molecule has 2 aromatic rings. The van der Waals surface area contributed by atoms with Crippen LogP contribution in [0, 0.1) is 17.6 Å². The van der Waals surface area contributed by atoms with Gasteiger partial charge in [0.25, 0.3) is 0 Å². The van der Waals surface area contributed by atoms with Crippen LogP contribution in [0.2, 0.25) is 5.02 Å². The van der Waals surface area contributed by atoms with Crippen molar-refractivity contribution < 1.29 is 27.1 Å². The van der Waals surface area contributed by atoms with E-state index in [0.29, 0.717) is 17.7 Å². The number of nitrogens with zero attached hydrogens (tertiary/aromatic N) is 2. The summed E-state index contributed by atoms with van der Waals surface area (Å²) >= 11 is 5.58. The molecule has 1 heterocycles. The Morgan fingerprint density at radius 3 is 2.25 bits per heavy atom. The summed E-state index contributed by atoms with van der Waals surface area (Å²) in [6.07, 6.45) is 0.479. The summed E-state index contributed by atoms with van der Waals surface area (Å²) in [6, 6.07) is 6.24. The Kier molecular flexibility index (Phi) is 5.94. The normalized spacial score (nSPS) is 23.9. The van der Waals surface area contributed by atoms with Crippen molar-refractivity contribution >= 4 is 33.3 Å². The molecule has 2 aromatic carbocycles. The molecule has 3 atom stereocenters. The summed E-state index contributed by atoms with van der Waals surface area (Å²) in [4.78, 5) is 13.3. The summed E-state index contributed by atoms with van der Waals surface area (Å²) in [5.74, 6) is -3.32. The van der Waals surface area contributed by atoms with Crippen molar-refractivity contribution in [1.82, 2.24) is 4.31 Å². The van der Waals surface area contributed by atoms with Crippen LogP contribution in [0.3, 0.4) is 0 Å². The lowest BCUT2D eigenvalue weighted by molar-refractivity contribution is -0.141. The van der Waals surface area contributed by atoms with E-state index in [0.717, 1.165) is 17.7 Å². The van der Waals surface area contributed by atoms with Gasteiger partial charge < -0.3 is 10.0 Å². The van der Waals surface area contributed by atoms with Crippen LogP contribution < -0.4 is 4.90 Å². The number of halogens is 3. The van der Waals surface area contributed by atoms with E-state index in [9.17, 15) is 27.1 Å². The van der Waals surface area contributed by atoms with E-state index in [2.05, 4.69) is 0 Å². The summed E-state index contributed by atoms with van der Waals surface area (Å²) in [6.45, 7) is 3.95. The van der Waals surface area contributed by atoms with Gasteiger partial charge in [0.2, 0.25) is 10.0 Å². The van der Waals surface area contributed by atoms with Crippen LogP contribution in [0.1, 0.15) is 25.0 Å². The quantitative estimate of drug-likeness (QED) is 0.669. The summed E-state index contributed by atoms with van der Waals surface area (Å²) in [5.41, 5.74) is 1.60. The van der Waals surface area contributed by atoms with Crippen molar-refractivity contribution in [3.05, 3.63) is 58.1 Å². The second-order valence-electron chi connectivity index (χ2n) is 8.50. The van der Waals surface area contributed by atoms with E-state index in [1.54, 1.807) is 30.9 Å². The summed E-state index contributed by atoms with van der Waals surface area (Å²) < 4.78 is 56.6. The molecule has 0 radical (unpaired) electrons. The Labute approximate surface area is 190 Å². The highest BCUT2D eigenvalue weighted by atomic mass is 35.5. The Morgan fingerprint density at radius 1 is 1.09 bits per heavy atom. The molecule has 4 rings (SSSR count). The Hall–Kier alpha value is -2.23. The van der Waals surface area contributed by atoms with Gasteiger partial charge in [-0.1, -0.05) is 23.7 Å². The molecule has 1 fully saturated rings. The van der Waals surface area contributed by atoms with E-state index in [4.69, 9.17) is 11.6 Å². The van der Waals surface area contributed by atoms with Crippen LogP contribution in [-0.2, 0) is 27.7 Å². The van der Waals surface area contributed by atoms with Gasteiger partial charge in [-0.15, -0.1) is 0 Å². The molecule has 0 bridgehead atoms. The third-order valence-corrected chi connectivity index (χ3v) is 8.80. The lowest BCUT2D eigenvalue weighted by Crippen LogP contribution is -2.58. The molecule has 1 aliphatic heterocycles. The highest BCUT2D eigenvalue weighted by molar-refractivity contribution is 7.89. The fraction of sp³-hybridized carbons (Fsp3) is 0.409. The maximum Gasteiger partial charge on any atom is 0.307 e. The minimum Gasteiger partial charge on any atom is -0.481 e. The fourth-order valence-electron chi connectivity index (χ4n) is 4.87. The van der Waals surface area contributed by atoms with Gasteiger partial charge >= 0.3 is 5.97 Å². The predicted molar refractivity (Wildman–Crippen MR) is 117 cm³/mol. The molecule has 0 saturated carbocycles. The molecule has 1 saturated heterocycles. The maximum absolute atomic E-state index is 13.9. The summed E-state index contributed by atoms with van der Waals surface area (Å²) in [7, 11) is -3.92. The Bertz CT molecular complexity index is 1160. The highest BCUT2D eigenvalue weighted by Crippen LogP contribution is 2.36. The smallest absolute Gasteiger partial charge is 0.307 e. The Balaban J connectivity index is 1.64. The number of carboxylic acids is 1. The van der Waals surface area contributed by atoms with Crippen molar-refractivity contribution in [2.45, 2.75) is 43.7 Å². The van der Waals surface area contributed by atoms with Gasteiger partial charge in [0.1, 0.15) is 16.7 Å². The van der Waals surface area contributed by atoms with Crippen molar-refractivity contribution in [3.63, 3.8) is 0 Å². The zero-order valence-electron chi connectivity index (χ0n) is 17.6. The standard InChI is InChI=1S/C22H23ClF2N2O4S/c1-12-10-26(16-8-18(24)21(23)19(25)9-16)11-13(2)27(12)32(30,31)20-5-3-4-14-6-15(22(28)29)7-17(14)20/h3-5,8-9,12-13,15H,6-7,10-11H2,1-2H3,(H,28,29). The maximum atomic E-state index is 13.9. The number of hydrogen-bond acceptors (Lipinski definition) is 4. The van der Waals surface area contributed by atoms with E-state index in [-0.39, 0.29) is 24.4 Å². The number of fused-ring (bicyclic) bond motifs is 1. The van der Waals surface area contributed by atoms with Gasteiger partial charge in [-0.05, 0) is 56.0 Å². The van der Waals surface area contributed by atoms with Crippen LogP contribution in [0.15, 0.2) is 35.2 Å². The SMILES string of the molecule is CC1CN(c2cc(F)c(Cl)c(F)c2)CC(C)N1S(=O)(=O)c1cccc2c1CC(C(=O)O)C2. The lowest BCUT2D eigenvalue weighted by Gasteiger charge is -2.44. The third-order valence-electron chi connectivity index (χ3n) is 6.22. The van der Waals surface area contributed by atoms with Gasteiger partial charge in [0.15, 0.2) is 0 Å². The number of sulfonamides is 1. The van der Waals surface area contributed by atoms with E-state index < -0.39 is 50.7 Å². The molecule has 32 heavy (non-hydrogen) atoms. The first-order valence-corrected chi connectivity index (χ1v) is 12.1. The molecule has 10 heteroatoms. The van der Waals surface area contributed by atoms with Crippen LogP contribution in [0.25, 0.3) is 0 Å². The van der Waals surface area contributed by atoms with Gasteiger partial charge in [-0.2, -0.15) is 4.31 Å². The average Bonchev–Trinajstić information content (AvgIpc) is 3.15. The van der Waals surface area contributed by atoms with Crippen LogP contribution >= 0.6 is 11.6 Å². The van der Waals surface area contributed by atoms with Gasteiger partial charge in [-0.25, -0.2) is 17.2 Å². The molecule has 0 amide bonds. The zero-order chi connectivity index (χ0) is 23.4. The van der Waals surface area contributed by atoms with E-state index >= 15 is 0 Å². The highest BCUT2D eigenvalue weighted by Gasteiger charge is 2.41. The van der Waals surface area contributed by atoms with E-state index in [1.807, 2.05) is 0 Å². The van der Waals surface area contributed by atoms with E-state index in [1.165, 1.54) is 10.4 Å². The lowest BCUT2D eigenvalue weighted by atomic mass is 10.1. The first-order valence-electron chi connectivity index (χ1n) is 10.3. The van der Waals surface area contributed by atoms with Gasteiger partial charge in [-0.3, -0.25) is 4.79 Å². The van der Waals surface area contributed by atoms with Crippen molar-refractivity contribution in [3.8, 4) is 0 Å². The topological polar surface area (TPSA) is 77.9 Å². The molecule has 0 aromatic heterocycles. The molecule has 172 valence electrons. The van der Waals surface area contributed by atoms with Gasteiger partial charge in [0, 0.05) is 30.9 Å². The fourth-order valence-corrected chi connectivity index (χ4v) is 7.06. The predicted octanol–water partition coefficient (Wildman–Crippen LogP) is 3.71. The number of carboxylic acid groups (broad SMARTS) is 1.